The normalized spacial score (nSPS) is 11.5. The Balaban J connectivity index is 0.00000312. The molecule has 2 rings (SSSR count). The molecule has 0 spiro atoms. The topological polar surface area (TPSA) is 64.3 Å². The zero-order chi connectivity index (χ0) is 17.5. The number of carbonyl (C=O) groups is 1. The number of amides is 1. The molecule has 0 aliphatic carbocycles. The van der Waals surface area contributed by atoms with Crippen molar-refractivity contribution in [1.82, 2.24) is 5.32 Å². The molecule has 1 atom stereocenters. The molecule has 2 aromatic rings. The number of ether oxygens (including phenoxy) is 1. The fourth-order valence-corrected chi connectivity index (χ4v) is 2.64. The zero-order valence-corrected chi connectivity index (χ0v) is 15.8. The Kier molecular flexibility index (Phi) is 8.29. The van der Waals surface area contributed by atoms with Crippen molar-refractivity contribution in [3.05, 3.63) is 59.7 Å². The van der Waals surface area contributed by atoms with Crippen LogP contribution in [-0.2, 0) is 17.6 Å². The first-order chi connectivity index (χ1) is 11.5. The third-order valence-corrected chi connectivity index (χ3v) is 4.13. The monoisotopic (exact) mass is 362 g/mol. The summed E-state index contributed by atoms with van der Waals surface area (Å²) >= 11 is 0. The molecule has 4 nitrogen and oxygen atoms in total. The third kappa shape index (κ3) is 6.31. The van der Waals surface area contributed by atoms with Crippen LogP contribution in [0, 0.1) is 5.92 Å². The minimum atomic E-state index is 0. The summed E-state index contributed by atoms with van der Waals surface area (Å²) in [6.07, 6.45) is 1.10. The number of benzene rings is 2. The van der Waals surface area contributed by atoms with Crippen molar-refractivity contribution in [2.24, 2.45) is 5.92 Å². The van der Waals surface area contributed by atoms with Gasteiger partial charge in [-0.15, -0.1) is 12.4 Å². The number of rotatable bonds is 7. The molecule has 0 saturated heterocycles. The minimum absolute atomic E-state index is 0. The van der Waals surface area contributed by atoms with Gasteiger partial charge in [0.2, 0.25) is 5.91 Å². The second-order valence-corrected chi connectivity index (χ2v) is 6.35. The van der Waals surface area contributed by atoms with Crippen molar-refractivity contribution < 1.29 is 9.53 Å². The van der Waals surface area contributed by atoms with E-state index in [1.54, 1.807) is 7.11 Å². The molecule has 0 aliphatic rings. The third-order valence-electron chi connectivity index (χ3n) is 4.13. The second kappa shape index (κ2) is 9.94. The first-order valence-corrected chi connectivity index (χ1v) is 8.25. The van der Waals surface area contributed by atoms with Crippen LogP contribution in [0.5, 0.6) is 5.75 Å². The van der Waals surface area contributed by atoms with Crippen molar-refractivity contribution in [2.75, 3.05) is 12.8 Å². The number of nitrogens with two attached hydrogens (primary N) is 1. The summed E-state index contributed by atoms with van der Waals surface area (Å²) in [6.45, 7) is 4.23. The lowest BCUT2D eigenvalue weighted by Crippen LogP contribution is -2.41. The quantitative estimate of drug-likeness (QED) is 0.739. The van der Waals surface area contributed by atoms with E-state index in [1.165, 1.54) is 0 Å². The predicted octanol–water partition coefficient (Wildman–Crippen LogP) is 3.63. The van der Waals surface area contributed by atoms with Crippen LogP contribution in [0.25, 0.3) is 0 Å². The van der Waals surface area contributed by atoms with Crippen LogP contribution in [-0.4, -0.2) is 19.1 Å². The molecule has 0 bridgehead atoms. The molecule has 0 aliphatic heterocycles. The molecule has 2 aromatic carbocycles. The van der Waals surface area contributed by atoms with Gasteiger partial charge in [-0.3, -0.25) is 4.79 Å². The average molecular weight is 363 g/mol. The summed E-state index contributed by atoms with van der Waals surface area (Å²) < 4.78 is 5.41. The van der Waals surface area contributed by atoms with Crippen molar-refractivity contribution in [2.45, 2.75) is 32.7 Å². The maximum Gasteiger partial charge on any atom is 0.224 e. The highest BCUT2D eigenvalue weighted by molar-refractivity contribution is 5.85. The van der Waals surface area contributed by atoms with Gasteiger partial charge in [-0.05, 0) is 41.7 Å². The van der Waals surface area contributed by atoms with Crippen LogP contribution in [0.15, 0.2) is 48.5 Å². The number of hydrogen-bond donors (Lipinski definition) is 2. The molecule has 0 fully saturated rings. The molecule has 25 heavy (non-hydrogen) atoms. The van der Waals surface area contributed by atoms with Crippen molar-refractivity contribution in [3.8, 4) is 5.75 Å². The number of para-hydroxylation sites is 1. The van der Waals surface area contributed by atoms with Crippen molar-refractivity contribution in [3.63, 3.8) is 0 Å². The van der Waals surface area contributed by atoms with E-state index < -0.39 is 0 Å². The fraction of sp³-hybridized carbons (Fsp3) is 0.350. The minimum Gasteiger partial charge on any atom is -0.496 e. The Morgan fingerprint density at radius 3 is 2.36 bits per heavy atom. The van der Waals surface area contributed by atoms with Crippen LogP contribution in [0.4, 0.5) is 5.69 Å². The van der Waals surface area contributed by atoms with Crippen LogP contribution in [0.1, 0.15) is 25.0 Å². The Morgan fingerprint density at radius 1 is 1.12 bits per heavy atom. The van der Waals surface area contributed by atoms with Crippen LogP contribution < -0.4 is 15.8 Å². The Labute approximate surface area is 156 Å². The summed E-state index contributed by atoms with van der Waals surface area (Å²) in [5.74, 6) is 1.20. The highest BCUT2D eigenvalue weighted by atomic mass is 35.5. The number of hydrogen-bond acceptors (Lipinski definition) is 3. The van der Waals surface area contributed by atoms with Crippen LogP contribution >= 0.6 is 12.4 Å². The molecule has 136 valence electrons. The number of anilines is 1. The second-order valence-electron chi connectivity index (χ2n) is 6.35. The molecule has 1 unspecified atom stereocenters. The predicted molar refractivity (Wildman–Crippen MR) is 105 cm³/mol. The van der Waals surface area contributed by atoms with Crippen LogP contribution in [0.2, 0.25) is 0 Å². The van der Waals surface area contributed by atoms with E-state index >= 15 is 0 Å². The van der Waals surface area contributed by atoms with Gasteiger partial charge >= 0.3 is 0 Å². The van der Waals surface area contributed by atoms with Crippen LogP contribution in [0.3, 0.4) is 0 Å². The lowest BCUT2D eigenvalue weighted by Gasteiger charge is -2.23. The largest absolute Gasteiger partial charge is 0.496 e. The summed E-state index contributed by atoms with van der Waals surface area (Å²) in [5, 5.41) is 3.15. The molecular formula is C20H27ClN2O2. The highest BCUT2D eigenvalue weighted by Crippen LogP contribution is 2.21. The maximum atomic E-state index is 12.4. The van der Waals surface area contributed by atoms with Gasteiger partial charge in [0.25, 0.3) is 0 Å². The Hall–Kier alpha value is -2.20. The van der Waals surface area contributed by atoms with Crippen molar-refractivity contribution in [1.29, 1.82) is 0 Å². The van der Waals surface area contributed by atoms with E-state index in [0.29, 0.717) is 18.0 Å². The number of nitrogens with one attached hydrogen (secondary N) is 1. The first-order valence-electron chi connectivity index (χ1n) is 8.25. The fourth-order valence-electron chi connectivity index (χ4n) is 2.64. The van der Waals surface area contributed by atoms with Gasteiger partial charge in [0.15, 0.2) is 0 Å². The average Bonchev–Trinajstić information content (AvgIpc) is 2.56. The molecule has 0 radical (unpaired) electrons. The van der Waals surface area contributed by atoms with Gasteiger partial charge < -0.3 is 15.8 Å². The van der Waals surface area contributed by atoms with Gasteiger partial charge in [0.05, 0.1) is 13.5 Å². The number of methoxy groups -OCH3 is 1. The summed E-state index contributed by atoms with van der Waals surface area (Å²) in [7, 11) is 1.67. The van der Waals surface area contributed by atoms with E-state index in [2.05, 4.69) is 19.2 Å². The summed E-state index contributed by atoms with van der Waals surface area (Å²) in [6, 6.07) is 15.4. The van der Waals surface area contributed by atoms with E-state index in [0.717, 1.165) is 23.3 Å². The summed E-state index contributed by atoms with van der Waals surface area (Å²) in [5.41, 5.74) is 8.45. The molecule has 3 N–H and O–H groups in total. The number of nitrogen functional groups attached to an aromatic ring is 1. The molecular weight excluding hydrogens is 336 g/mol. The molecule has 0 aromatic heterocycles. The molecule has 0 saturated carbocycles. The number of carbonyl (C=O) groups excluding carboxylic acids is 1. The van der Waals surface area contributed by atoms with E-state index in [1.807, 2.05) is 48.5 Å². The standard InChI is InChI=1S/C20H26N2O2.ClH/c1-14(2)18(13-16-6-4-5-7-19(16)24-3)22-20(23)12-15-8-10-17(21)11-9-15;/h4-11,14,18H,12-13,21H2,1-3H3,(H,22,23);1H. The first kappa shape index (κ1) is 20.8. The zero-order valence-electron chi connectivity index (χ0n) is 15.0. The van der Waals surface area contributed by atoms with E-state index in [9.17, 15) is 4.79 Å². The van der Waals surface area contributed by atoms with Crippen molar-refractivity contribution >= 4 is 24.0 Å². The molecule has 5 heteroatoms. The maximum absolute atomic E-state index is 12.4. The SMILES string of the molecule is COc1ccccc1CC(NC(=O)Cc1ccc(N)cc1)C(C)C.Cl. The van der Waals surface area contributed by atoms with Gasteiger partial charge in [-0.1, -0.05) is 44.2 Å². The van der Waals surface area contributed by atoms with Gasteiger partial charge in [-0.2, -0.15) is 0 Å². The Bertz CT molecular complexity index is 672. The molecule has 0 heterocycles. The highest BCUT2D eigenvalue weighted by Gasteiger charge is 2.18. The summed E-state index contributed by atoms with van der Waals surface area (Å²) in [4.78, 5) is 12.4. The van der Waals surface area contributed by atoms with E-state index in [-0.39, 0.29) is 24.4 Å². The van der Waals surface area contributed by atoms with Gasteiger partial charge in [-0.25, -0.2) is 0 Å². The lowest BCUT2D eigenvalue weighted by atomic mass is 9.95. The van der Waals surface area contributed by atoms with Gasteiger partial charge in [0.1, 0.15) is 5.75 Å². The smallest absolute Gasteiger partial charge is 0.224 e. The number of halogens is 1. The lowest BCUT2D eigenvalue weighted by molar-refractivity contribution is -0.121. The Morgan fingerprint density at radius 2 is 1.76 bits per heavy atom. The van der Waals surface area contributed by atoms with E-state index in [4.69, 9.17) is 10.5 Å². The molecule has 1 amide bonds. The van der Waals surface area contributed by atoms with Gasteiger partial charge in [0, 0.05) is 11.7 Å².